The Morgan fingerprint density at radius 3 is 2.57 bits per heavy atom. The molecule has 7 nitrogen and oxygen atoms in total. The first-order valence-corrected chi connectivity index (χ1v) is 6.39. The van der Waals surface area contributed by atoms with Crippen LogP contribution >= 0.6 is 0 Å². The normalized spacial score (nSPS) is 10.3. The molecule has 0 bridgehead atoms. The van der Waals surface area contributed by atoms with Crippen molar-refractivity contribution in [3.05, 3.63) is 45.1 Å². The van der Waals surface area contributed by atoms with Gasteiger partial charge in [-0.2, -0.15) is 4.98 Å². The second kappa shape index (κ2) is 5.74. The lowest BCUT2D eigenvalue weighted by molar-refractivity contribution is -0.386. The van der Waals surface area contributed by atoms with E-state index in [2.05, 4.69) is 15.3 Å². The molecule has 2 rings (SSSR count). The van der Waals surface area contributed by atoms with E-state index in [1.54, 1.807) is 20.0 Å². The van der Waals surface area contributed by atoms with Gasteiger partial charge < -0.3 is 10.1 Å². The summed E-state index contributed by atoms with van der Waals surface area (Å²) in [6.45, 7) is 5.39. The van der Waals surface area contributed by atoms with Crippen LogP contribution in [0.4, 0.5) is 11.6 Å². The van der Waals surface area contributed by atoms with Crippen LogP contribution in [0.25, 0.3) is 0 Å². The molecule has 0 amide bonds. The zero-order valence-corrected chi connectivity index (χ0v) is 12.3. The number of aromatic nitrogens is 2. The van der Waals surface area contributed by atoms with Gasteiger partial charge in [-0.3, -0.25) is 10.1 Å². The fourth-order valence-corrected chi connectivity index (χ4v) is 1.87. The molecule has 0 unspecified atom stereocenters. The van der Waals surface area contributed by atoms with Crippen LogP contribution in [-0.2, 0) is 0 Å². The monoisotopic (exact) mass is 288 g/mol. The zero-order chi connectivity index (χ0) is 15.6. The Labute approximate surface area is 122 Å². The lowest BCUT2D eigenvalue weighted by atomic mass is 10.1. The number of hydrogen-bond acceptors (Lipinski definition) is 6. The first kappa shape index (κ1) is 14.7. The largest absolute Gasteiger partial charge is 0.433 e. The molecule has 1 aromatic carbocycles. The van der Waals surface area contributed by atoms with Gasteiger partial charge in [-0.15, -0.1) is 0 Å². The van der Waals surface area contributed by atoms with Gasteiger partial charge in [0.1, 0.15) is 11.4 Å². The minimum absolute atomic E-state index is 0.0643. The van der Waals surface area contributed by atoms with E-state index in [0.717, 1.165) is 11.1 Å². The predicted octanol–water partition coefficient (Wildman–Crippen LogP) is 3.14. The topological polar surface area (TPSA) is 90.2 Å². The van der Waals surface area contributed by atoms with Crippen molar-refractivity contribution in [2.45, 2.75) is 20.8 Å². The van der Waals surface area contributed by atoms with Gasteiger partial charge in [0.15, 0.2) is 0 Å². The zero-order valence-electron chi connectivity index (χ0n) is 12.3. The number of benzene rings is 1. The van der Waals surface area contributed by atoms with E-state index in [-0.39, 0.29) is 23.2 Å². The quantitative estimate of drug-likeness (QED) is 0.686. The van der Waals surface area contributed by atoms with Gasteiger partial charge in [0.25, 0.3) is 0 Å². The van der Waals surface area contributed by atoms with E-state index in [1.165, 1.54) is 0 Å². The maximum atomic E-state index is 11.2. The van der Waals surface area contributed by atoms with Crippen molar-refractivity contribution in [2.75, 3.05) is 12.4 Å². The van der Waals surface area contributed by atoms with Crippen molar-refractivity contribution < 1.29 is 9.66 Å². The molecular formula is C14H16N4O3. The molecule has 0 fully saturated rings. The molecule has 0 radical (unpaired) electrons. The van der Waals surface area contributed by atoms with Crippen molar-refractivity contribution in [1.29, 1.82) is 0 Å². The average Bonchev–Trinajstić information content (AvgIpc) is 2.42. The fraction of sp³-hybridized carbons (Fsp3) is 0.286. The van der Waals surface area contributed by atoms with E-state index < -0.39 is 4.92 Å². The number of nitro groups is 1. The molecule has 2 aromatic rings. The minimum Gasteiger partial charge on any atom is -0.433 e. The number of aryl methyl sites for hydroxylation is 2. The van der Waals surface area contributed by atoms with E-state index in [9.17, 15) is 10.1 Å². The molecule has 0 saturated heterocycles. The molecule has 1 heterocycles. The summed E-state index contributed by atoms with van der Waals surface area (Å²) in [5.74, 6) is 0.752. The molecule has 110 valence electrons. The third-order valence-corrected chi connectivity index (χ3v) is 3.19. The van der Waals surface area contributed by atoms with Crippen LogP contribution in [0.2, 0.25) is 0 Å². The van der Waals surface area contributed by atoms with Crippen molar-refractivity contribution in [3.63, 3.8) is 0 Å². The van der Waals surface area contributed by atoms with Gasteiger partial charge in [-0.25, -0.2) is 4.98 Å². The Kier molecular flexibility index (Phi) is 4.02. The molecule has 7 heteroatoms. The van der Waals surface area contributed by atoms with E-state index >= 15 is 0 Å². The third-order valence-electron chi connectivity index (χ3n) is 3.19. The van der Waals surface area contributed by atoms with E-state index in [0.29, 0.717) is 5.75 Å². The second-order valence-electron chi connectivity index (χ2n) is 4.59. The van der Waals surface area contributed by atoms with Gasteiger partial charge in [0.2, 0.25) is 5.95 Å². The van der Waals surface area contributed by atoms with Gasteiger partial charge in [0.05, 0.1) is 4.92 Å². The lowest BCUT2D eigenvalue weighted by Gasteiger charge is -2.11. The molecule has 0 aliphatic heterocycles. The van der Waals surface area contributed by atoms with Gasteiger partial charge >= 0.3 is 11.6 Å². The lowest BCUT2D eigenvalue weighted by Crippen LogP contribution is -2.05. The SMILES string of the molecule is CNc1nc(C)c([N+](=O)[O-])c(Oc2cccc(C)c2C)n1. The molecule has 1 aromatic heterocycles. The molecule has 0 aliphatic rings. The summed E-state index contributed by atoms with van der Waals surface area (Å²) < 4.78 is 5.67. The van der Waals surface area contributed by atoms with Gasteiger partial charge in [-0.05, 0) is 38.0 Å². The van der Waals surface area contributed by atoms with Crippen LogP contribution in [0, 0.1) is 30.9 Å². The smallest absolute Gasteiger partial charge is 0.352 e. The summed E-state index contributed by atoms with van der Waals surface area (Å²) in [6.07, 6.45) is 0. The highest BCUT2D eigenvalue weighted by atomic mass is 16.6. The van der Waals surface area contributed by atoms with E-state index in [4.69, 9.17) is 4.74 Å². The first-order chi connectivity index (χ1) is 9.93. The van der Waals surface area contributed by atoms with Gasteiger partial charge in [-0.1, -0.05) is 12.1 Å². The molecule has 0 atom stereocenters. The predicted molar refractivity (Wildman–Crippen MR) is 79.0 cm³/mol. The molecule has 21 heavy (non-hydrogen) atoms. The molecule has 1 N–H and O–H groups in total. The van der Waals surface area contributed by atoms with Crippen LogP contribution in [0.5, 0.6) is 11.6 Å². The highest BCUT2D eigenvalue weighted by Crippen LogP contribution is 2.34. The summed E-state index contributed by atoms with van der Waals surface area (Å²) >= 11 is 0. The number of nitrogens with zero attached hydrogens (tertiary/aromatic N) is 3. The Balaban J connectivity index is 2.54. The highest BCUT2D eigenvalue weighted by molar-refractivity contribution is 5.51. The summed E-state index contributed by atoms with van der Waals surface area (Å²) in [5, 5.41) is 14.0. The summed E-state index contributed by atoms with van der Waals surface area (Å²) in [5.41, 5.74) is 1.97. The second-order valence-corrected chi connectivity index (χ2v) is 4.59. The van der Waals surface area contributed by atoms with Crippen molar-refractivity contribution in [1.82, 2.24) is 9.97 Å². The maximum Gasteiger partial charge on any atom is 0.352 e. The Hall–Kier alpha value is -2.70. The number of rotatable bonds is 4. The van der Waals surface area contributed by atoms with Crippen LogP contribution in [0.3, 0.4) is 0 Å². The van der Waals surface area contributed by atoms with Crippen LogP contribution in [0.1, 0.15) is 16.8 Å². The molecule has 0 aliphatic carbocycles. The Morgan fingerprint density at radius 1 is 1.24 bits per heavy atom. The third kappa shape index (κ3) is 2.91. The summed E-state index contributed by atoms with van der Waals surface area (Å²) in [4.78, 5) is 18.7. The molecule has 0 spiro atoms. The summed E-state index contributed by atoms with van der Waals surface area (Å²) in [7, 11) is 1.64. The van der Waals surface area contributed by atoms with Gasteiger partial charge in [0, 0.05) is 7.05 Å². The molecule has 0 saturated carbocycles. The number of hydrogen-bond donors (Lipinski definition) is 1. The minimum atomic E-state index is -0.533. The average molecular weight is 288 g/mol. The Bertz CT molecular complexity index is 701. The van der Waals surface area contributed by atoms with Crippen molar-refractivity contribution in [3.8, 4) is 11.6 Å². The molecular weight excluding hydrogens is 272 g/mol. The van der Waals surface area contributed by atoms with Crippen molar-refractivity contribution in [2.24, 2.45) is 0 Å². The standard InChI is InChI=1S/C14H16N4O3/c1-8-6-5-7-11(9(8)2)21-13-12(18(19)20)10(3)16-14(15-4)17-13/h5-7H,1-4H3,(H,15,16,17). The van der Waals surface area contributed by atoms with Crippen LogP contribution < -0.4 is 10.1 Å². The highest BCUT2D eigenvalue weighted by Gasteiger charge is 2.24. The first-order valence-electron chi connectivity index (χ1n) is 6.39. The van der Waals surface area contributed by atoms with Crippen LogP contribution in [-0.4, -0.2) is 21.9 Å². The summed E-state index contributed by atoms with van der Waals surface area (Å²) in [6, 6.07) is 5.53. The van der Waals surface area contributed by atoms with E-state index in [1.807, 2.05) is 26.0 Å². The number of anilines is 1. The number of nitrogens with one attached hydrogen (secondary N) is 1. The number of ether oxygens (including phenoxy) is 1. The van der Waals surface area contributed by atoms with Crippen LogP contribution in [0.15, 0.2) is 18.2 Å². The van der Waals surface area contributed by atoms with Crippen molar-refractivity contribution >= 4 is 11.6 Å². The Morgan fingerprint density at radius 2 is 1.95 bits per heavy atom. The fourth-order valence-electron chi connectivity index (χ4n) is 1.87. The maximum absolute atomic E-state index is 11.2.